The molecule has 10 nitrogen and oxygen atoms in total. The average Bonchev–Trinajstić information content (AvgIpc) is 3.16. The van der Waals surface area contributed by atoms with E-state index in [2.05, 4.69) is 15.5 Å². The Morgan fingerprint density at radius 2 is 1.77 bits per heavy atom. The number of imide groups is 1. The second-order valence-corrected chi connectivity index (χ2v) is 7.65. The van der Waals surface area contributed by atoms with Crippen LogP contribution in [0.1, 0.15) is 12.8 Å². The van der Waals surface area contributed by atoms with E-state index < -0.39 is 34.1 Å². The van der Waals surface area contributed by atoms with Gasteiger partial charge in [-0.1, -0.05) is 5.10 Å². The molecule has 0 radical (unpaired) electrons. The number of carbonyl (C=O) groups is 3. The molecule has 1 N–H and O–H groups in total. The minimum absolute atomic E-state index is 0.0775. The smallest absolute Gasteiger partial charge is 0.322 e. The highest BCUT2D eigenvalue weighted by molar-refractivity contribution is 7.90. The van der Waals surface area contributed by atoms with Crippen molar-refractivity contribution in [1.29, 1.82) is 0 Å². The van der Waals surface area contributed by atoms with Crippen LogP contribution in [0.5, 0.6) is 0 Å². The molecule has 0 saturated carbocycles. The van der Waals surface area contributed by atoms with Gasteiger partial charge in [-0.05, 0) is 24.3 Å². The maximum atomic E-state index is 11.9. The maximum Gasteiger partial charge on any atom is 0.322 e. The van der Waals surface area contributed by atoms with E-state index in [0.717, 1.165) is 11.2 Å². The fourth-order valence-corrected chi connectivity index (χ4v) is 2.97. The van der Waals surface area contributed by atoms with Crippen molar-refractivity contribution in [1.82, 2.24) is 15.1 Å². The summed E-state index contributed by atoms with van der Waals surface area (Å²) in [5.74, 6) is -1.37. The zero-order valence-electron chi connectivity index (χ0n) is 13.6. The van der Waals surface area contributed by atoms with Crippen molar-refractivity contribution in [3.05, 3.63) is 24.3 Å². The van der Waals surface area contributed by atoms with E-state index in [-0.39, 0.29) is 29.6 Å². The number of amides is 3. The summed E-state index contributed by atoms with van der Waals surface area (Å²) in [6, 6.07) is 5.60. The molecule has 0 atom stereocenters. The number of aromatic nitrogens is 2. The van der Waals surface area contributed by atoms with E-state index in [0.29, 0.717) is 5.56 Å². The molecule has 3 rings (SSSR count). The van der Waals surface area contributed by atoms with Crippen molar-refractivity contribution < 1.29 is 27.2 Å². The van der Waals surface area contributed by atoms with Crippen molar-refractivity contribution >= 4 is 33.6 Å². The zero-order valence-corrected chi connectivity index (χ0v) is 14.4. The van der Waals surface area contributed by atoms with Gasteiger partial charge in [-0.15, -0.1) is 5.10 Å². The minimum atomic E-state index is -3.32. The number of likely N-dealkylation sites (tertiary alicyclic amines) is 1. The molecule has 1 saturated heterocycles. The van der Waals surface area contributed by atoms with Gasteiger partial charge in [0, 0.05) is 24.7 Å². The van der Waals surface area contributed by atoms with Gasteiger partial charge in [-0.25, -0.2) is 8.42 Å². The summed E-state index contributed by atoms with van der Waals surface area (Å²) < 4.78 is 28.2. The number of hydrogen-bond donors (Lipinski definition) is 1. The molecule has 1 fully saturated rings. The largest absolute Gasteiger partial charge is 0.403 e. The summed E-state index contributed by atoms with van der Waals surface area (Å²) in [5, 5.41) is 9.74. The normalized spacial score (nSPS) is 14.7. The van der Waals surface area contributed by atoms with Crippen LogP contribution < -0.4 is 5.32 Å². The topological polar surface area (TPSA) is 140 Å². The van der Waals surface area contributed by atoms with Gasteiger partial charge in [0.15, 0.2) is 9.84 Å². The molecule has 0 unspecified atom stereocenters. The summed E-state index contributed by atoms with van der Waals surface area (Å²) in [4.78, 5) is 35.9. The quantitative estimate of drug-likeness (QED) is 0.729. The van der Waals surface area contributed by atoms with Gasteiger partial charge in [0.25, 0.3) is 0 Å². The standard InChI is InChI=1S/C15H14N4O6S/c1-26(23,24)10-4-2-9(3-5-10)14-17-18-15(25-14)16-11(20)8-19-12(21)6-7-13(19)22/h2-5H,6-8H2,1H3,(H,16,18,20). The lowest BCUT2D eigenvalue weighted by atomic mass is 10.2. The van der Waals surface area contributed by atoms with Gasteiger partial charge < -0.3 is 4.42 Å². The van der Waals surface area contributed by atoms with Crippen molar-refractivity contribution in [2.24, 2.45) is 0 Å². The number of rotatable bonds is 5. The van der Waals surface area contributed by atoms with Gasteiger partial charge in [0.05, 0.1) is 4.90 Å². The highest BCUT2D eigenvalue weighted by Gasteiger charge is 2.30. The number of benzene rings is 1. The second kappa shape index (κ2) is 6.67. The zero-order chi connectivity index (χ0) is 18.9. The Morgan fingerprint density at radius 1 is 1.15 bits per heavy atom. The number of nitrogens with zero attached hydrogens (tertiary/aromatic N) is 3. The molecule has 26 heavy (non-hydrogen) atoms. The van der Waals surface area contributed by atoms with Gasteiger partial charge in [0.1, 0.15) is 6.54 Å². The third-order valence-corrected chi connectivity index (χ3v) is 4.79. The Hall–Kier alpha value is -3.08. The first-order chi connectivity index (χ1) is 12.2. The Bertz CT molecular complexity index is 964. The summed E-state index contributed by atoms with van der Waals surface area (Å²) in [7, 11) is -3.32. The van der Waals surface area contributed by atoms with Crippen molar-refractivity contribution in [3.8, 4) is 11.5 Å². The van der Waals surface area contributed by atoms with E-state index in [1.165, 1.54) is 24.3 Å². The first-order valence-electron chi connectivity index (χ1n) is 7.51. The first kappa shape index (κ1) is 17.7. The van der Waals surface area contributed by atoms with Crippen molar-refractivity contribution in [2.75, 3.05) is 18.1 Å². The summed E-state index contributed by atoms with van der Waals surface area (Å²) in [5.41, 5.74) is 0.468. The second-order valence-electron chi connectivity index (χ2n) is 5.63. The summed E-state index contributed by atoms with van der Waals surface area (Å²) >= 11 is 0. The SMILES string of the molecule is CS(=O)(=O)c1ccc(-c2nnc(NC(=O)CN3C(=O)CCC3=O)o2)cc1. The number of nitrogens with one attached hydrogen (secondary N) is 1. The van der Waals surface area contributed by atoms with Crippen LogP contribution in [0.25, 0.3) is 11.5 Å². The Morgan fingerprint density at radius 3 is 2.35 bits per heavy atom. The number of sulfone groups is 1. The maximum absolute atomic E-state index is 11.9. The summed E-state index contributed by atoms with van der Waals surface area (Å²) in [6.45, 7) is -0.418. The highest BCUT2D eigenvalue weighted by atomic mass is 32.2. The van der Waals surface area contributed by atoms with Crippen LogP contribution in [0.3, 0.4) is 0 Å². The molecule has 136 valence electrons. The van der Waals surface area contributed by atoms with Gasteiger partial charge in [-0.3, -0.25) is 24.6 Å². The van der Waals surface area contributed by atoms with E-state index in [1.807, 2.05) is 0 Å². The molecule has 0 spiro atoms. The predicted octanol–water partition coefficient (Wildman–Crippen LogP) is 0.228. The molecular formula is C15H14N4O6S. The predicted molar refractivity (Wildman–Crippen MR) is 87.4 cm³/mol. The Balaban J connectivity index is 1.67. The lowest BCUT2D eigenvalue weighted by Gasteiger charge is -2.11. The molecule has 11 heteroatoms. The van der Waals surface area contributed by atoms with Crippen molar-refractivity contribution in [2.45, 2.75) is 17.7 Å². The molecule has 1 aliphatic heterocycles. The highest BCUT2D eigenvalue weighted by Crippen LogP contribution is 2.21. The Labute approximate surface area is 148 Å². The molecule has 1 aliphatic rings. The molecule has 2 heterocycles. The molecule has 1 aromatic carbocycles. The van der Waals surface area contributed by atoms with Crippen molar-refractivity contribution in [3.63, 3.8) is 0 Å². The fourth-order valence-electron chi connectivity index (χ4n) is 2.34. The van der Waals surface area contributed by atoms with Gasteiger partial charge in [0.2, 0.25) is 23.6 Å². The van der Waals surface area contributed by atoms with Crippen LogP contribution in [0.15, 0.2) is 33.6 Å². The monoisotopic (exact) mass is 378 g/mol. The van der Waals surface area contributed by atoms with Crippen LogP contribution in [-0.4, -0.2) is 54.0 Å². The van der Waals surface area contributed by atoms with E-state index in [4.69, 9.17) is 4.42 Å². The number of carbonyl (C=O) groups excluding carboxylic acids is 3. The Kier molecular flexibility index (Phi) is 4.55. The molecule has 3 amide bonds. The minimum Gasteiger partial charge on any atom is -0.403 e. The van der Waals surface area contributed by atoms with Crippen LogP contribution in [0.4, 0.5) is 6.01 Å². The lowest BCUT2D eigenvalue weighted by molar-refractivity contribution is -0.141. The number of anilines is 1. The van der Waals surface area contributed by atoms with Crippen LogP contribution in [-0.2, 0) is 24.2 Å². The number of hydrogen-bond acceptors (Lipinski definition) is 8. The van der Waals surface area contributed by atoms with E-state index in [9.17, 15) is 22.8 Å². The molecule has 2 aromatic rings. The van der Waals surface area contributed by atoms with Crippen LogP contribution >= 0.6 is 0 Å². The molecular weight excluding hydrogens is 364 g/mol. The van der Waals surface area contributed by atoms with Crippen LogP contribution in [0.2, 0.25) is 0 Å². The molecule has 0 bridgehead atoms. The third kappa shape index (κ3) is 3.77. The average molecular weight is 378 g/mol. The lowest BCUT2D eigenvalue weighted by Crippen LogP contribution is -2.36. The fraction of sp³-hybridized carbons (Fsp3) is 0.267. The van der Waals surface area contributed by atoms with E-state index >= 15 is 0 Å². The van der Waals surface area contributed by atoms with Gasteiger partial charge in [-0.2, -0.15) is 0 Å². The van der Waals surface area contributed by atoms with Gasteiger partial charge >= 0.3 is 6.01 Å². The van der Waals surface area contributed by atoms with Crippen LogP contribution in [0, 0.1) is 0 Å². The molecule has 0 aliphatic carbocycles. The third-order valence-electron chi connectivity index (χ3n) is 3.66. The molecule has 1 aromatic heterocycles. The first-order valence-corrected chi connectivity index (χ1v) is 9.40. The van der Waals surface area contributed by atoms with E-state index in [1.54, 1.807) is 0 Å². The summed E-state index contributed by atoms with van der Waals surface area (Å²) in [6.07, 6.45) is 1.29.